The van der Waals surface area contributed by atoms with Crippen molar-refractivity contribution in [3.8, 4) is 0 Å². The van der Waals surface area contributed by atoms with Crippen molar-refractivity contribution >= 4 is 35.2 Å². The predicted molar refractivity (Wildman–Crippen MR) is 153 cm³/mol. The molecule has 4 N–H and O–H groups in total. The minimum atomic E-state index is -0.610. The average Bonchev–Trinajstić information content (AvgIpc) is 3.51. The van der Waals surface area contributed by atoms with E-state index in [1.54, 1.807) is 0 Å². The number of hydrogen-bond acceptors (Lipinski definition) is 3. The Kier molecular flexibility index (Phi) is 7.96. The van der Waals surface area contributed by atoms with E-state index in [2.05, 4.69) is 51.3 Å². The van der Waals surface area contributed by atoms with Crippen LogP contribution in [0.15, 0.2) is 54.7 Å². The summed E-state index contributed by atoms with van der Waals surface area (Å²) in [5, 5.41) is 10.6. The second kappa shape index (κ2) is 11.4. The summed E-state index contributed by atoms with van der Waals surface area (Å²) >= 11 is 0. The molecule has 0 unspecified atom stereocenters. The zero-order valence-electron chi connectivity index (χ0n) is 21.8. The van der Waals surface area contributed by atoms with Gasteiger partial charge in [-0.1, -0.05) is 42.5 Å². The first kappa shape index (κ1) is 26.6. The number of benzene rings is 2. The lowest BCUT2D eigenvalue weighted by atomic mass is 9.74. The van der Waals surface area contributed by atoms with Crippen LogP contribution in [0.5, 0.6) is 0 Å². The van der Waals surface area contributed by atoms with Crippen molar-refractivity contribution < 1.29 is 9.59 Å². The lowest BCUT2D eigenvalue weighted by Gasteiger charge is -2.41. The Bertz CT molecular complexity index is 1280. The minimum absolute atomic E-state index is 0. The SMILES string of the molecule is Cl.O=C(N[C@@H]1CCCNC1)N[C@H](Cc1c[nH]c2ccccc12)C(=O)N1CCC2(CCc3ccccc32)CC1. The molecule has 2 aromatic carbocycles. The standard InChI is InChI=1S/C30H37N5O2.ClH/c36-28(35-16-13-30(14-17-35)12-11-21-6-1-3-9-25(21)30)27(34-29(37)33-23-7-5-15-31-20-23)18-22-19-32-26-10-4-2-8-24(22)26;/h1-4,6,8-10,19,23,27,31-32H,5,7,11-18,20H2,(H2,33,34,37);1H/t23-,27-;/m1./s1. The van der Waals surface area contributed by atoms with Gasteiger partial charge < -0.3 is 25.8 Å². The van der Waals surface area contributed by atoms with Gasteiger partial charge in [0.1, 0.15) is 6.04 Å². The summed E-state index contributed by atoms with van der Waals surface area (Å²) in [5.41, 5.74) is 5.23. The summed E-state index contributed by atoms with van der Waals surface area (Å²) < 4.78 is 0. The van der Waals surface area contributed by atoms with E-state index in [9.17, 15) is 9.59 Å². The van der Waals surface area contributed by atoms with Gasteiger partial charge in [0.25, 0.3) is 0 Å². The van der Waals surface area contributed by atoms with Crippen LogP contribution in [0.3, 0.4) is 0 Å². The van der Waals surface area contributed by atoms with E-state index in [1.807, 2.05) is 29.3 Å². The number of halogens is 1. The van der Waals surface area contributed by atoms with E-state index in [-0.39, 0.29) is 35.8 Å². The Morgan fingerprint density at radius 1 is 1.05 bits per heavy atom. The highest BCUT2D eigenvalue weighted by atomic mass is 35.5. The van der Waals surface area contributed by atoms with Crippen LogP contribution in [0.1, 0.15) is 48.8 Å². The zero-order valence-corrected chi connectivity index (χ0v) is 22.6. The summed E-state index contributed by atoms with van der Waals surface area (Å²) in [6.07, 6.45) is 8.69. The number of amides is 3. The highest BCUT2D eigenvalue weighted by molar-refractivity contribution is 5.89. The van der Waals surface area contributed by atoms with Gasteiger partial charge in [0.2, 0.25) is 5.91 Å². The lowest BCUT2D eigenvalue weighted by Crippen LogP contribution is -2.57. The number of aromatic nitrogens is 1. The third-order valence-electron chi connectivity index (χ3n) is 8.83. The molecule has 3 aromatic rings. The number of aromatic amines is 1. The molecule has 3 aliphatic rings. The largest absolute Gasteiger partial charge is 0.361 e. The maximum atomic E-state index is 13.9. The van der Waals surface area contributed by atoms with Crippen LogP contribution in [0, 0.1) is 0 Å². The minimum Gasteiger partial charge on any atom is -0.361 e. The number of para-hydroxylation sites is 1. The van der Waals surface area contributed by atoms with Gasteiger partial charge in [0, 0.05) is 49.2 Å². The Balaban J connectivity index is 0.00000294. The monoisotopic (exact) mass is 535 g/mol. The van der Waals surface area contributed by atoms with Crippen LogP contribution >= 0.6 is 12.4 Å². The van der Waals surface area contributed by atoms with Crippen molar-refractivity contribution in [1.82, 2.24) is 25.8 Å². The molecule has 2 fully saturated rings. The van der Waals surface area contributed by atoms with E-state index in [1.165, 1.54) is 17.5 Å². The molecule has 1 aliphatic carbocycles. The number of nitrogens with zero attached hydrogens (tertiary/aromatic N) is 1. The summed E-state index contributed by atoms with van der Waals surface area (Å²) in [5.74, 6) is 0.0170. The molecule has 202 valence electrons. The molecule has 38 heavy (non-hydrogen) atoms. The van der Waals surface area contributed by atoms with Crippen LogP contribution in [-0.2, 0) is 23.1 Å². The molecule has 8 heteroatoms. The molecule has 2 atom stereocenters. The van der Waals surface area contributed by atoms with Gasteiger partial charge in [-0.2, -0.15) is 0 Å². The summed E-state index contributed by atoms with van der Waals surface area (Å²) in [6, 6.07) is 16.1. The molecule has 7 nitrogen and oxygen atoms in total. The summed E-state index contributed by atoms with van der Waals surface area (Å²) in [6.45, 7) is 3.22. The number of carbonyl (C=O) groups is 2. The smallest absolute Gasteiger partial charge is 0.315 e. The van der Waals surface area contributed by atoms with Crippen molar-refractivity contribution in [2.24, 2.45) is 0 Å². The van der Waals surface area contributed by atoms with Crippen molar-refractivity contribution in [1.29, 1.82) is 0 Å². The van der Waals surface area contributed by atoms with Gasteiger partial charge in [-0.3, -0.25) is 4.79 Å². The maximum Gasteiger partial charge on any atom is 0.315 e. The number of carbonyl (C=O) groups excluding carboxylic acids is 2. The van der Waals surface area contributed by atoms with Gasteiger partial charge in [-0.25, -0.2) is 4.79 Å². The van der Waals surface area contributed by atoms with Gasteiger partial charge in [0.05, 0.1) is 0 Å². The van der Waals surface area contributed by atoms with Gasteiger partial charge in [-0.05, 0) is 73.2 Å². The van der Waals surface area contributed by atoms with Crippen LogP contribution in [0.25, 0.3) is 10.9 Å². The molecule has 6 rings (SSSR count). The van der Waals surface area contributed by atoms with Gasteiger partial charge in [-0.15, -0.1) is 12.4 Å². The highest BCUT2D eigenvalue weighted by Crippen LogP contribution is 2.46. The number of rotatable bonds is 5. The fraction of sp³-hybridized carbons (Fsp3) is 0.467. The number of fused-ring (bicyclic) bond motifs is 3. The van der Waals surface area contributed by atoms with Crippen molar-refractivity contribution in [3.05, 3.63) is 71.4 Å². The normalized spacial score (nSPS) is 20.9. The molecule has 0 radical (unpaired) electrons. The number of H-pyrrole nitrogens is 1. The predicted octanol–water partition coefficient (Wildman–Crippen LogP) is 4.06. The Morgan fingerprint density at radius 2 is 1.84 bits per heavy atom. The fourth-order valence-electron chi connectivity index (χ4n) is 6.74. The second-order valence-electron chi connectivity index (χ2n) is 11.0. The van der Waals surface area contributed by atoms with Gasteiger partial charge in [0.15, 0.2) is 0 Å². The van der Waals surface area contributed by atoms with E-state index in [0.29, 0.717) is 6.42 Å². The first-order valence-corrected chi connectivity index (χ1v) is 13.8. The molecule has 2 saturated heterocycles. The molecule has 0 saturated carbocycles. The van der Waals surface area contributed by atoms with E-state index in [4.69, 9.17) is 0 Å². The number of likely N-dealkylation sites (tertiary alicyclic amines) is 1. The molecular weight excluding hydrogens is 498 g/mol. The summed E-state index contributed by atoms with van der Waals surface area (Å²) in [7, 11) is 0. The quantitative estimate of drug-likeness (QED) is 0.397. The second-order valence-corrected chi connectivity index (χ2v) is 11.0. The molecule has 1 spiro atoms. The Morgan fingerprint density at radius 3 is 2.66 bits per heavy atom. The van der Waals surface area contributed by atoms with Crippen LogP contribution in [-0.4, -0.2) is 60.1 Å². The Labute approximate surface area is 230 Å². The van der Waals surface area contributed by atoms with E-state index >= 15 is 0 Å². The Hall–Kier alpha value is -3.03. The number of hydrogen-bond donors (Lipinski definition) is 4. The van der Waals surface area contributed by atoms with Crippen molar-refractivity contribution in [3.63, 3.8) is 0 Å². The molecular formula is C30H38ClN5O2. The molecule has 2 aliphatic heterocycles. The topological polar surface area (TPSA) is 89.3 Å². The third-order valence-corrected chi connectivity index (χ3v) is 8.83. The number of urea groups is 1. The number of piperidine rings is 2. The number of aryl methyl sites for hydroxylation is 1. The number of nitrogens with one attached hydrogen (secondary N) is 4. The summed E-state index contributed by atoms with van der Waals surface area (Å²) in [4.78, 5) is 32.2. The van der Waals surface area contributed by atoms with Crippen LogP contribution < -0.4 is 16.0 Å². The molecule has 3 amide bonds. The average molecular weight is 536 g/mol. The maximum absolute atomic E-state index is 13.9. The lowest BCUT2D eigenvalue weighted by molar-refractivity contribution is -0.134. The van der Waals surface area contributed by atoms with Crippen molar-refractivity contribution in [2.75, 3.05) is 26.2 Å². The van der Waals surface area contributed by atoms with Crippen molar-refractivity contribution in [2.45, 2.75) is 62.4 Å². The first-order valence-electron chi connectivity index (χ1n) is 13.8. The van der Waals surface area contributed by atoms with Crippen LogP contribution in [0.2, 0.25) is 0 Å². The molecule has 3 heterocycles. The zero-order chi connectivity index (χ0) is 25.2. The van der Waals surface area contributed by atoms with Gasteiger partial charge >= 0.3 is 6.03 Å². The van der Waals surface area contributed by atoms with E-state index < -0.39 is 6.04 Å². The van der Waals surface area contributed by atoms with E-state index in [0.717, 1.165) is 74.7 Å². The first-order chi connectivity index (χ1) is 18.1. The highest BCUT2D eigenvalue weighted by Gasteiger charge is 2.42. The molecule has 0 bridgehead atoms. The third kappa shape index (κ3) is 5.27. The fourth-order valence-corrected chi connectivity index (χ4v) is 6.74. The molecule has 1 aromatic heterocycles. The van der Waals surface area contributed by atoms with Crippen LogP contribution in [0.4, 0.5) is 4.79 Å².